The lowest BCUT2D eigenvalue weighted by atomic mass is 9.87. The molecule has 130 valence electrons. The second-order valence-corrected chi connectivity index (χ2v) is 6.37. The summed E-state index contributed by atoms with van der Waals surface area (Å²) in [7, 11) is 0. The number of ether oxygens (including phenoxy) is 2. The highest BCUT2D eigenvalue weighted by atomic mass is 16.5. The van der Waals surface area contributed by atoms with Crippen molar-refractivity contribution in [1.82, 2.24) is 5.32 Å². The molecule has 0 amide bonds. The van der Waals surface area contributed by atoms with E-state index >= 15 is 0 Å². The molecule has 0 spiro atoms. The summed E-state index contributed by atoms with van der Waals surface area (Å²) in [5.74, 6) is 1.33. The fourth-order valence-electron chi connectivity index (χ4n) is 1.97. The van der Waals surface area contributed by atoms with Crippen molar-refractivity contribution in [3.63, 3.8) is 0 Å². The summed E-state index contributed by atoms with van der Waals surface area (Å²) in [4.78, 5) is 4.23. The van der Waals surface area contributed by atoms with Crippen molar-refractivity contribution >= 4 is 5.96 Å². The zero-order valence-corrected chi connectivity index (χ0v) is 14.9. The maximum atomic E-state index is 5.79. The Morgan fingerprint density at radius 1 is 1.26 bits per heavy atom. The van der Waals surface area contributed by atoms with Gasteiger partial charge in [0.05, 0.1) is 6.54 Å². The van der Waals surface area contributed by atoms with Crippen LogP contribution in [0.1, 0.15) is 39.7 Å². The fourth-order valence-corrected chi connectivity index (χ4v) is 1.97. The molecule has 0 radical (unpaired) electrons. The molecule has 0 saturated heterocycles. The van der Waals surface area contributed by atoms with Gasteiger partial charge in [-0.1, -0.05) is 32.9 Å². The van der Waals surface area contributed by atoms with Crippen LogP contribution >= 0.6 is 0 Å². The van der Waals surface area contributed by atoms with E-state index in [0.717, 1.165) is 25.4 Å². The topological polar surface area (TPSA) is 68.9 Å². The Labute approximate surface area is 140 Å². The van der Waals surface area contributed by atoms with Crippen LogP contribution in [0.2, 0.25) is 0 Å². The Balaban J connectivity index is 2.25. The molecule has 1 aromatic rings. The van der Waals surface area contributed by atoms with Gasteiger partial charge in [0.2, 0.25) is 0 Å². The summed E-state index contributed by atoms with van der Waals surface area (Å²) in [6.45, 7) is 11.9. The van der Waals surface area contributed by atoms with Gasteiger partial charge in [-0.05, 0) is 36.5 Å². The molecular formula is C18H31N3O2. The SMILES string of the molecule is CCOCCCN=C(N)NCCOc1cccc(C(C)(C)C)c1. The van der Waals surface area contributed by atoms with Crippen LogP contribution in [0.15, 0.2) is 29.3 Å². The first-order chi connectivity index (χ1) is 10.9. The molecule has 5 heteroatoms. The van der Waals surface area contributed by atoms with Crippen molar-refractivity contribution in [2.24, 2.45) is 10.7 Å². The van der Waals surface area contributed by atoms with E-state index in [1.807, 2.05) is 19.1 Å². The maximum absolute atomic E-state index is 5.79. The monoisotopic (exact) mass is 321 g/mol. The number of hydrogen-bond acceptors (Lipinski definition) is 3. The summed E-state index contributed by atoms with van der Waals surface area (Å²) in [6.07, 6.45) is 0.881. The van der Waals surface area contributed by atoms with E-state index in [1.54, 1.807) is 0 Å². The van der Waals surface area contributed by atoms with Gasteiger partial charge in [-0.2, -0.15) is 0 Å². The van der Waals surface area contributed by atoms with Crippen LogP contribution in [-0.4, -0.2) is 38.9 Å². The average molecular weight is 321 g/mol. The highest BCUT2D eigenvalue weighted by Gasteiger charge is 2.13. The van der Waals surface area contributed by atoms with Gasteiger partial charge >= 0.3 is 0 Å². The number of nitrogens with two attached hydrogens (primary N) is 1. The van der Waals surface area contributed by atoms with Crippen molar-refractivity contribution in [2.75, 3.05) is 32.9 Å². The molecule has 0 aliphatic rings. The van der Waals surface area contributed by atoms with Crippen LogP contribution in [0.25, 0.3) is 0 Å². The average Bonchev–Trinajstić information content (AvgIpc) is 2.51. The van der Waals surface area contributed by atoms with Gasteiger partial charge < -0.3 is 20.5 Å². The lowest BCUT2D eigenvalue weighted by Gasteiger charge is -2.19. The van der Waals surface area contributed by atoms with E-state index in [9.17, 15) is 0 Å². The standard InChI is InChI=1S/C18H31N3O2/c1-5-22-12-7-10-20-17(19)21-11-13-23-16-9-6-8-15(14-16)18(2,3)4/h6,8-9,14H,5,7,10-13H2,1-4H3,(H3,19,20,21). The molecule has 0 aliphatic heterocycles. The minimum atomic E-state index is 0.121. The quantitative estimate of drug-likeness (QED) is 0.417. The Kier molecular flexibility index (Phi) is 8.48. The third-order valence-corrected chi connectivity index (χ3v) is 3.31. The van der Waals surface area contributed by atoms with E-state index in [-0.39, 0.29) is 5.41 Å². The van der Waals surface area contributed by atoms with Gasteiger partial charge in [0.1, 0.15) is 12.4 Å². The van der Waals surface area contributed by atoms with Crippen LogP contribution in [-0.2, 0) is 10.2 Å². The number of aliphatic imine (C=N–C) groups is 1. The van der Waals surface area contributed by atoms with E-state index in [0.29, 0.717) is 25.7 Å². The summed E-state index contributed by atoms with van der Waals surface area (Å²) in [5, 5.41) is 3.05. The lowest BCUT2D eigenvalue weighted by molar-refractivity contribution is 0.146. The van der Waals surface area contributed by atoms with E-state index < -0.39 is 0 Å². The Hall–Kier alpha value is -1.75. The highest BCUT2D eigenvalue weighted by molar-refractivity contribution is 5.77. The van der Waals surface area contributed by atoms with Gasteiger partial charge in [-0.15, -0.1) is 0 Å². The normalized spacial score (nSPS) is 12.3. The van der Waals surface area contributed by atoms with Gasteiger partial charge in [0.15, 0.2) is 5.96 Å². The number of hydrogen-bond donors (Lipinski definition) is 2. The molecule has 0 aliphatic carbocycles. The van der Waals surface area contributed by atoms with Gasteiger partial charge in [-0.25, -0.2) is 0 Å². The molecule has 0 bridgehead atoms. The number of guanidine groups is 1. The Morgan fingerprint density at radius 2 is 2.04 bits per heavy atom. The molecule has 0 heterocycles. The molecule has 0 unspecified atom stereocenters. The lowest BCUT2D eigenvalue weighted by Crippen LogP contribution is -2.34. The second kappa shape index (κ2) is 10.1. The van der Waals surface area contributed by atoms with Crippen molar-refractivity contribution < 1.29 is 9.47 Å². The van der Waals surface area contributed by atoms with Crippen molar-refractivity contribution in [3.05, 3.63) is 29.8 Å². The largest absolute Gasteiger partial charge is 0.492 e. The Bertz CT molecular complexity index is 481. The van der Waals surface area contributed by atoms with Crippen LogP contribution in [0.3, 0.4) is 0 Å². The van der Waals surface area contributed by atoms with E-state index in [1.165, 1.54) is 5.56 Å². The molecule has 1 aromatic carbocycles. The third-order valence-electron chi connectivity index (χ3n) is 3.31. The summed E-state index contributed by atoms with van der Waals surface area (Å²) in [5.41, 5.74) is 7.18. The zero-order valence-electron chi connectivity index (χ0n) is 14.9. The molecule has 0 atom stereocenters. The van der Waals surface area contributed by atoms with E-state index in [2.05, 4.69) is 43.2 Å². The smallest absolute Gasteiger partial charge is 0.188 e. The van der Waals surface area contributed by atoms with Crippen LogP contribution in [0.5, 0.6) is 5.75 Å². The van der Waals surface area contributed by atoms with Gasteiger partial charge in [-0.3, -0.25) is 4.99 Å². The zero-order chi connectivity index (χ0) is 17.1. The molecule has 0 saturated carbocycles. The van der Waals surface area contributed by atoms with Gasteiger partial charge in [0.25, 0.3) is 0 Å². The second-order valence-electron chi connectivity index (χ2n) is 6.37. The molecule has 5 nitrogen and oxygen atoms in total. The van der Waals surface area contributed by atoms with E-state index in [4.69, 9.17) is 15.2 Å². The van der Waals surface area contributed by atoms with Crippen molar-refractivity contribution in [1.29, 1.82) is 0 Å². The molecule has 23 heavy (non-hydrogen) atoms. The first-order valence-electron chi connectivity index (χ1n) is 8.28. The number of nitrogens with zero attached hydrogens (tertiary/aromatic N) is 1. The first-order valence-corrected chi connectivity index (χ1v) is 8.28. The number of nitrogens with one attached hydrogen (secondary N) is 1. The summed E-state index contributed by atoms with van der Waals surface area (Å²) >= 11 is 0. The minimum absolute atomic E-state index is 0.121. The number of benzene rings is 1. The fraction of sp³-hybridized carbons (Fsp3) is 0.611. The summed E-state index contributed by atoms with van der Waals surface area (Å²) < 4.78 is 11.0. The molecular weight excluding hydrogens is 290 g/mol. The molecule has 0 aromatic heterocycles. The van der Waals surface area contributed by atoms with Crippen LogP contribution in [0, 0.1) is 0 Å². The highest BCUT2D eigenvalue weighted by Crippen LogP contribution is 2.25. The van der Waals surface area contributed by atoms with Crippen molar-refractivity contribution in [2.45, 2.75) is 39.5 Å². The predicted octanol–water partition coefficient (Wildman–Crippen LogP) is 2.69. The first kappa shape index (κ1) is 19.3. The predicted molar refractivity (Wildman–Crippen MR) is 96.2 cm³/mol. The molecule has 3 N–H and O–H groups in total. The van der Waals surface area contributed by atoms with Crippen LogP contribution in [0.4, 0.5) is 0 Å². The minimum Gasteiger partial charge on any atom is -0.492 e. The van der Waals surface area contributed by atoms with Crippen LogP contribution < -0.4 is 15.8 Å². The summed E-state index contributed by atoms with van der Waals surface area (Å²) in [6, 6.07) is 8.21. The number of rotatable bonds is 9. The van der Waals surface area contributed by atoms with Gasteiger partial charge in [0, 0.05) is 19.8 Å². The molecule has 1 rings (SSSR count). The Morgan fingerprint density at radius 3 is 2.74 bits per heavy atom. The maximum Gasteiger partial charge on any atom is 0.188 e. The third kappa shape index (κ3) is 8.45. The molecule has 0 fully saturated rings. The van der Waals surface area contributed by atoms with Crippen molar-refractivity contribution in [3.8, 4) is 5.75 Å².